The van der Waals surface area contributed by atoms with Crippen LogP contribution in [0.1, 0.15) is 22.4 Å². The number of fused-ring (bicyclic) bond motifs is 1. The Balaban J connectivity index is 2.13. The third-order valence-corrected chi connectivity index (χ3v) is 3.68. The molecular weight excluding hydrogens is 276 g/mol. The number of aliphatic hydroxyl groups is 1. The Morgan fingerprint density at radius 3 is 2.55 bits per heavy atom. The highest BCUT2D eigenvalue weighted by Crippen LogP contribution is 2.17. The molecule has 22 heavy (non-hydrogen) atoms. The Hall–Kier alpha value is -2.88. The molecule has 0 saturated heterocycles. The predicted octanol–water partition coefficient (Wildman–Crippen LogP) is 3.60. The van der Waals surface area contributed by atoms with Gasteiger partial charge in [-0.3, -0.25) is 4.79 Å². The lowest BCUT2D eigenvalue weighted by molar-refractivity contribution is 0.515. The number of aryl methyl sites for hydroxylation is 2. The summed E-state index contributed by atoms with van der Waals surface area (Å²) in [6.07, 6.45) is 1.39. The molecule has 0 saturated carbocycles. The monoisotopic (exact) mass is 292 g/mol. The highest BCUT2D eigenvalue weighted by molar-refractivity contribution is 5.80. The minimum atomic E-state index is -0.321. The Labute approximate surface area is 127 Å². The Kier molecular flexibility index (Phi) is 3.51. The number of nitrogens with zero attached hydrogens (tertiary/aromatic N) is 1. The number of hydrogen-bond acceptors (Lipinski definition) is 3. The molecule has 4 nitrogen and oxygen atoms in total. The van der Waals surface area contributed by atoms with E-state index in [9.17, 15) is 9.90 Å². The van der Waals surface area contributed by atoms with Gasteiger partial charge in [-0.05, 0) is 37.1 Å². The van der Waals surface area contributed by atoms with Crippen LogP contribution in [0.2, 0.25) is 0 Å². The molecule has 110 valence electrons. The first kappa shape index (κ1) is 14.1. The third-order valence-electron chi connectivity index (χ3n) is 3.68. The van der Waals surface area contributed by atoms with Crippen molar-refractivity contribution in [3.63, 3.8) is 0 Å². The van der Waals surface area contributed by atoms with Gasteiger partial charge in [-0.15, -0.1) is 0 Å². The van der Waals surface area contributed by atoms with Crippen LogP contribution in [0.5, 0.6) is 0 Å². The fourth-order valence-electron chi connectivity index (χ4n) is 2.28. The molecule has 0 aliphatic carbocycles. The Morgan fingerprint density at radius 2 is 1.82 bits per heavy atom. The van der Waals surface area contributed by atoms with Gasteiger partial charge in [0.1, 0.15) is 11.5 Å². The van der Waals surface area contributed by atoms with Gasteiger partial charge >= 0.3 is 0 Å². The van der Waals surface area contributed by atoms with E-state index in [0.717, 1.165) is 11.1 Å². The zero-order chi connectivity index (χ0) is 15.7. The second kappa shape index (κ2) is 5.48. The van der Waals surface area contributed by atoms with Gasteiger partial charge < -0.3 is 10.1 Å². The van der Waals surface area contributed by atoms with Gasteiger partial charge in [0.15, 0.2) is 0 Å². The average Bonchev–Trinajstić information content (AvgIpc) is 2.51. The molecule has 0 radical (unpaired) electrons. The molecule has 0 fully saturated rings. The van der Waals surface area contributed by atoms with Crippen LogP contribution in [0, 0.1) is 13.8 Å². The number of aliphatic hydroxyl groups excluding tert-OH is 1. The number of hydrogen-bond donors (Lipinski definition) is 2. The van der Waals surface area contributed by atoms with Crippen molar-refractivity contribution in [3.05, 3.63) is 75.2 Å². The van der Waals surface area contributed by atoms with E-state index >= 15 is 0 Å². The van der Waals surface area contributed by atoms with Crippen LogP contribution in [0.25, 0.3) is 22.9 Å². The summed E-state index contributed by atoms with van der Waals surface area (Å²) in [6.45, 7) is 3.99. The maximum atomic E-state index is 12.1. The van der Waals surface area contributed by atoms with E-state index in [1.165, 1.54) is 6.08 Å². The van der Waals surface area contributed by atoms with Crippen LogP contribution in [0.15, 0.2) is 47.3 Å². The van der Waals surface area contributed by atoms with Gasteiger partial charge in [-0.25, -0.2) is 4.98 Å². The molecule has 0 unspecified atom stereocenters. The van der Waals surface area contributed by atoms with Gasteiger partial charge in [0.25, 0.3) is 5.56 Å². The highest BCUT2D eigenvalue weighted by Gasteiger charge is 2.06. The van der Waals surface area contributed by atoms with Crippen molar-refractivity contribution in [2.45, 2.75) is 13.8 Å². The zero-order valence-corrected chi connectivity index (χ0v) is 12.4. The molecule has 4 heteroatoms. The predicted molar refractivity (Wildman–Crippen MR) is 88.8 cm³/mol. The van der Waals surface area contributed by atoms with Crippen molar-refractivity contribution in [1.82, 2.24) is 9.97 Å². The normalized spacial score (nSPS) is 11.8. The van der Waals surface area contributed by atoms with Crippen molar-refractivity contribution in [2.75, 3.05) is 0 Å². The first-order valence-electron chi connectivity index (χ1n) is 7.02. The summed E-state index contributed by atoms with van der Waals surface area (Å²) in [4.78, 5) is 19.3. The fourth-order valence-corrected chi connectivity index (χ4v) is 2.28. The van der Waals surface area contributed by atoms with E-state index < -0.39 is 0 Å². The molecule has 0 bridgehead atoms. The second-order valence-electron chi connectivity index (χ2n) is 5.30. The van der Waals surface area contributed by atoms with E-state index in [-0.39, 0.29) is 17.0 Å². The molecular formula is C18H16N2O2. The molecule has 1 aromatic heterocycles. The summed E-state index contributed by atoms with van der Waals surface area (Å²) in [5, 5.41) is 10.1. The standard InChI is InChI=1S/C18H16N2O2/c1-11-8-14-15(9-12(11)2)20-18(22)16(19-14)10-17(21)13-6-4-3-5-7-13/h3-10,21H,1-2H3,(H,20,22)/b17-10-. The van der Waals surface area contributed by atoms with Crippen LogP contribution in [0.3, 0.4) is 0 Å². The van der Waals surface area contributed by atoms with Gasteiger partial charge in [0.05, 0.1) is 11.0 Å². The van der Waals surface area contributed by atoms with Crippen LogP contribution >= 0.6 is 0 Å². The average molecular weight is 292 g/mol. The number of benzene rings is 2. The molecule has 3 rings (SSSR count). The largest absolute Gasteiger partial charge is 0.507 e. The maximum Gasteiger partial charge on any atom is 0.274 e. The lowest BCUT2D eigenvalue weighted by atomic mass is 10.1. The van der Waals surface area contributed by atoms with E-state index in [1.54, 1.807) is 12.1 Å². The second-order valence-corrected chi connectivity index (χ2v) is 5.30. The quantitative estimate of drug-likeness (QED) is 0.709. The van der Waals surface area contributed by atoms with Crippen LogP contribution in [-0.2, 0) is 0 Å². The summed E-state index contributed by atoms with van der Waals surface area (Å²) < 4.78 is 0. The molecule has 0 amide bonds. The molecule has 0 spiro atoms. The zero-order valence-electron chi connectivity index (χ0n) is 12.4. The van der Waals surface area contributed by atoms with E-state index in [1.807, 2.05) is 44.2 Å². The molecule has 1 heterocycles. The van der Waals surface area contributed by atoms with Gasteiger partial charge in [-0.1, -0.05) is 30.3 Å². The SMILES string of the molecule is Cc1cc2nc(/C=C(\O)c3ccccc3)c(=O)[nH]c2cc1C. The number of aromatic nitrogens is 2. The maximum absolute atomic E-state index is 12.1. The number of H-pyrrole nitrogens is 1. The molecule has 2 N–H and O–H groups in total. The Bertz CT molecular complexity index is 925. The molecule has 0 aliphatic rings. The Morgan fingerprint density at radius 1 is 1.14 bits per heavy atom. The summed E-state index contributed by atoms with van der Waals surface area (Å²) >= 11 is 0. The fraction of sp³-hybridized carbons (Fsp3) is 0.111. The lowest BCUT2D eigenvalue weighted by Crippen LogP contribution is -2.12. The molecule has 2 aromatic carbocycles. The van der Waals surface area contributed by atoms with Crippen LogP contribution in [0.4, 0.5) is 0 Å². The van der Waals surface area contributed by atoms with E-state index in [0.29, 0.717) is 16.6 Å². The van der Waals surface area contributed by atoms with E-state index in [2.05, 4.69) is 9.97 Å². The van der Waals surface area contributed by atoms with Crippen molar-refractivity contribution in [1.29, 1.82) is 0 Å². The molecule has 3 aromatic rings. The number of aromatic amines is 1. The molecule has 0 atom stereocenters. The summed E-state index contributed by atoms with van der Waals surface area (Å²) in [5.41, 5.74) is 4.12. The summed E-state index contributed by atoms with van der Waals surface area (Å²) in [5.74, 6) is 0.0155. The number of rotatable bonds is 2. The van der Waals surface area contributed by atoms with Crippen LogP contribution < -0.4 is 5.56 Å². The lowest BCUT2D eigenvalue weighted by Gasteiger charge is -2.04. The molecule has 0 aliphatic heterocycles. The van der Waals surface area contributed by atoms with Crippen molar-refractivity contribution >= 4 is 22.9 Å². The number of nitrogens with one attached hydrogen (secondary N) is 1. The smallest absolute Gasteiger partial charge is 0.274 e. The third kappa shape index (κ3) is 2.63. The van der Waals surface area contributed by atoms with Gasteiger partial charge in [0.2, 0.25) is 0 Å². The van der Waals surface area contributed by atoms with Gasteiger partial charge in [-0.2, -0.15) is 0 Å². The highest BCUT2D eigenvalue weighted by atomic mass is 16.3. The first-order chi connectivity index (χ1) is 10.5. The van der Waals surface area contributed by atoms with Crippen LogP contribution in [-0.4, -0.2) is 15.1 Å². The van der Waals surface area contributed by atoms with Crippen molar-refractivity contribution in [2.24, 2.45) is 0 Å². The van der Waals surface area contributed by atoms with Crippen molar-refractivity contribution in [3.8, 4) is 0 Å². The first-order valence-corrected chi connectivity index (χ1v) is 7.02. The minimum absolute atomic E-state index is 0.0155. The topological polar surface area (TPSA) is 66.0 Å². The minimum Gasteiger partial charge on any atom is -0.507 e. The van der Waals surface area contributed by atoms with Gasteiger partial charge in [0, 0.05) is 11.6 Å². The van der Waals surface area contributed by atoms with E-state index in [4.69, 9.17) is 0 Å². The summed E-state index contributed by atoms with van der Waals surface area (Å²) in [7, 11) is 0. The summed E-state index contributed by atoms with van der Waals surface area (Å²) in [6, 6.07) is 12.9. The van der Waals surface area contributed by atoms with Crippen molar-refractivity contribution < 1.29 is 5.11 Å².